The summed E-state index contributed by atoms with van der Waals surface area (Å²) in [5.74, 6) is -0.302. The van der Waals surface area contributed by atoms with Crippen molar-refractivity contribution in [2.24, 2.45) is 0 Å². The minimum atomic E-state index is -0.194. The molecule has 0 aliphatic heterocycles. The molecule has 0 unspecified atom stereocenters. The summed E-state index contributed by atoms with van der Waals surface area (Å²) in [6.45, 7) is 2.78. The lowest BCUT2D eigenvalue weighted by atomic mass is 9.98. The van der Waals surface area contributed by atoms with E-state index in [0.29, 0.717) is 16.8 Å². The van der Waals surface area contributed by atoms with Gasteiger partial charge in [0.1, 0.15) is 0 Å². The standard InChI is InChI=1S/C31H31N3O2/c1-22-13-15-23(16-14-22)27-10-6-7-11-28(27)30(35)32-26-19-17-24(18-20-26)31(36)34(4)29-12-8-5-9-25(29)21-33(2)3/h5-20H,21H2,1-4H3,(H,32,35). The van der Waals surface area contributed by atoms with E-state index in [9.17, 15) is 9.59 Å². The summed E-state index contributed by atoms with van der Waals surface area (Å²) >= 11 is 0. The number of hydrogen-bond donors (Lipinski definition) is 1. The molecule has 4 aromatic rings. The van der Waals surface area contributed by atoms with Crippen molar-refractivity contribution in [2.75, 3.05) is 31.4 Å². The number of amides is 2. The molecule has 0 aromatic heterocycles. The van der Waals surface area contributed by atoms with Crippen LogP contribution in [0.5, 0.6) is 0 Å². The van der Waals surface area contributed by atoms with Gasteiger partial charge in [0, 0.05) is 36.1 Å². The predicted octanol–water partition coefficient (Wildman–Crippen LogP) is 6.25. The summed E-state index contributed by atoms with van der Waals surface area (Å²) in [5.41, 5.74) is 6.77. The van der Waals surface area contributed by atoms with Crippen LogP contribution in [0.25, 0.3) is 11.1 Å². The second-order valence-corrected chi connectivity index (χ2v) is 9.17. The molecule has 0 radical (unpaired) electrons. The van der Waals surface area contributed by atoms with E-state index in [-0.39, 0.29) is 11.8 Å². The smallest absolute Gasteiger partial charge is 0.258 e. The Morgan fingerprint density at radius 1 is 0.750 bits per heavy atom. The minimum Gasteiger partial charge on any atom is -0.322 e. The molecule has 182 valence electrons. The number of para-hydroxylation sites is 1. The molecule has 0 saturated heterocycles. The Morgan fingerprint density at radius 3 is 2.08 bits per heavy atom. The highest BCUT2D eigenvalue weighted by molar-refractivity contribution is 6.09. The Morgan fingerprint density at radius 2 is 1.39 bits per heavy atom. The fourth-order valence-electron chi connectivity index (χ4n) is 4.18. The first-order valence-corrected chi connectivity index (χ1v) is 11.9. The maximum absolute atomic E-state index is 13.2. The molecule has 0 spiro atoms. The molecule has 1 N–H and O–H groups in total. The van der Waals surface area contributed by atoms with Crippen LogP contribution < -0.4 is 10.2 Å². The highest BCUT2D eigenvalue weighted by atomic mass is 16.2. The van der Waals surface area contributed by atoms with Gasteiger partial charge < -0.3 is 15.1 Å². The lowest BCUT2D eigenvalue weighted by molar-refractivity contribution is 0.0991. The van der Waals surface area contributed by atoms with Crippen molar-refractivity contribution in [1.82, 2.24) is 4.90 Å². The van der Waals surface area contributed by atoms with E-state index < -0.39 is 0 Å². The van der Waals surface area contributed by atoms with Crippen LogP contribution >= 0.6 is 0 Å². The molecule has 0 bridgehead atoms. The summed E-state index contributed by atoms with van der Waals surface area (Å²) < 4.78 is 0. The van der Waals surface area contributed by atoms with Crippen molar-refractivity contribution < 1.29 is 9.59 Å². The van der Waals surface area contributed by atoms with Gasteiger partial charge in [0.15, 0.2) is 0 Å². The first-order chi connectivity index (χ1) is 17.3. The SMILES string of the molecule is Cc1ccc(-c2ccccc2C(=O)Nc2ccc(C(=O)N(C)c3ccccc3CN(C)C)cc2)cc1. The maximum Gasteiger partial charge on any atom is 0.258 e. The lowest BCUT2D eigenvalue weighted by Gasteiger charge is -2.22. The van der Waals surface area contributed by atoms with Crippen LogP contribution in [0.2, 0.25) is 0 Å². The second-order valence-electron chi connectivity index (χ2n) is 9.17. The van der Waals surface area contributed by atoms with Gasteiger partial charge >= 0.3 is 0 Å². The summed E-state index contributed by atoms with van der Waals surface area (Å²) in [5, 5.41) is 2.97. The highest BCUT2D eigenvalue weighted by Gasteiger charge is 2.17. The average molecular weight is 478 g/mol. The van der Waals surface area contributed by atoms with Crippen LogP contribution in [0.15, 0.2) is 97.1 Å². The molecule has 0 saturated carbocycles. The average Bonchev–Trinajstić information content (AvgIpc) is 2.89. The molecule has 0 atom stereocenters. The zero-order valence-corrected chi connectivity index (χ0v) is 21.2. The number of anilines is 2. The number of carbonyl (C=O) groups excluding carboxylic acids is 2. The summed E-state index contributed by atoms with van der Waals surface area (Å²) in [4.78, 5) is 30.1. The van der Waals surface area contributed by atoms with E-state index >= 15 is 0 Å². The van der Waals surface area contributed by atoms with Crippen LogP contribution in [-0.2, 0) is 6.54 Å². The summed E-state index contributed by atoms with van der Waals surface area (Å²) in [6, 6.07) is 30.6. The maximum atomic E-state index is 13.2. The number of hydrogen-bond acceptors (Lipinski definition) is 3. The molecule has 0 fully saturated rings. The topological polar surface area (TPSA) is 52.7 Å². The molecule has 2 amide bonds. The van der Waals surface area contributed by atoms with Crippen molar-refractivity contribution in [3.63, 3.8) is 0 Å². The van der Waals surface area contributed by atoms with Crippen LogP contribution in [0, 0.1) is 6.92 Å². The first-order valence-electron chi connectivity index (χ1n) is 11.9. The fourth-order valence-corrected chi connectivity index (χ4v) is 4.18. The molecule has 0 aliphatic rings. The summed E-state index contributed by atoms with van der Waals surface area (Å²) in [6.07, 6.45) is 0. The van der Waals surface area contributed by atoms with Crippen LogP contribution in [0.4, 0.5) is 11.4 Å². The monoisotopic (exact) mass is 477 g/mol. The van der Waals surface area contributed by atoms with Gasteiger partial charge in [-0.3, -0.25) is 9.59 Å². The third-order valence-electron chi connectivity index (χ3n) is 6.07. The number of carbonyl (C=O) groups is 2. The van der Waals surface area contributed by atoms with E-state index in [1.54, 1.807) is 36.2 Å². The van der Waals surface area contributed by atoms with Gasteiger partial charge in [-0.25, -0.2) is 0 Å². The van der Waals surface area contributed by atoms with Crippen molar-refractivity contribution in [2.45, 2.75) is 13.5 Å². The van der Waals surface area contributed by atoms with E-state index in [0.717, 1.165) is 28.9 Å². The van der Waals surface area contributed by atoms with Crippen molar-refractivity contribution in [1.29, 1.82) is 0 Å². The number of nitrogens with zero attached hydrogens (tertiary/aromatic N) is 2. The van der Waals surface area contributed by atoms with Crippen molar-refractivity contribution >= 4 is 23.2 Å². The van der Waals surface area contributed by atoms with Crippen LogP contribution in [-0.4, -0.2) is 37.9 Å². The molecular formula is C31H31N3O2. The van der Waals surface area contributed by atoms with Gasteiger partial charge in [-0.15, -0.1) is 0 Å². The third-order valence-corrected chi connectivity index (χ3v) is 6.07. The van der Waals surface area contributed by atoms with E-state index in [1.165, 1.54) is 5.56 Å². The largest absolute Gasteiger partial charge is 0.322 e. The normalized spacial score (nSPS) is 10.8. The van der Waals surface area contributed by atoms with Gasteiger partial charge in [-0.1, -0.05) is 66.2 Å². The Balaban J connectivity index is 1.50. The molecule has 36 heavy (non-hydrogen) atoms. The van der Waals surface area contributed by atoms with Gasteiger partial charge in [0.25, 0.3) is 11.8 Å². The van der Waals surface area contributed by atoms with Crippen LogP contribution in [0.1, 0.15) is 31.8 Å². The molecule has 0 aliphatic carbocycles. The first kappa shape index (κ1) is 24.9. The van der Waals surface area contributed by atoms with Gasteiger partial charge in [0.05, 0.1) is 0 Å². The number of nitrogens with one attached hydrogen (secondary N) is 1. The highest BCUT2D eigenvalue weighted by Crippen LogP contribution is 2.26. The van der Waals surface area contributed by atoms with E-state index in [4.69, 9.17) is 0 Å². The molecule has 0 heterocycles. The van der Waals surface area contributed by atoms with Gasteiger partial charge in [0.2, 0.25) is 0 Å². The molecular weight excluding hydrogens is 446 g/mol. The van der Waals surface area contributed by atoms with Gasteiger partial charge in [-0.05, 0) is 74.1 Å². The Kier molecular flexibility index (Phi) is 7.62. The Hall–Kier alpha value is -4.22. The van der Waals surface area contributed by atoms with E-state index in [2.05, 4.69) is 10.2 Å². The van der Waals surface area contributed by atoms with Crippen molar-refractivity contribution in [3.8, 4) is 11.1 Å². The Bertz CT molecular complexity index is 1360. The Labute approximate surface area is 213 Å². The number of rotatable bonds is 7. The fraction of sp³-hybridized carbons (Fsp3) is 0.161. The minimum absolute atomic E-state index is 0.108. The number of aryl methyl sites for hydroxylation is 1. The lowest BCUT2D eigenvalue weighted by Crippen LogP contribution is -2.28. The number of benzene rings is 4. The quantitative estimate of drug-likeness (QED) is 0.342. The summed E-state index contributed by atoms with van der Waals surface area (Å²) in [7, 11) is 5.80. The third kappa shape index (κ3) is 5.70. The van der Waals surface area contributed by atoms with Crippen LogP contribution in [0.3, 0.4) is 0 Å². The predicted molar refractivity (Wildman–Crippen MR) is 148 cm³/mol. The molecule has 5 heteroatoms. The molecule has 4 aromatic carbocycles. The molecule has 4 rings (SSSR count). The van der Waals surface area contributed by atoms with Gasteiger partial charge in [-0.2, -0.15) is 0 Å². The molecule has 5 nitrogen and oxygen atoms in total. The zero-order chi connectivity index (χ0) is 25.7. The van der Waals surface area contributed by atoms with E-state index in [1.807, 2.05) is 93.8 Å². The zero-order valence-electron chi connectivity index (χ0n) is 21.2. The second kappa shape index (κ2) is 11.0. The van der Waals surface area contributed by atoms with Crippen molar-refractivity contribution in [3.05, 3.63) is 119 Å².